The molecule has 16 heavy (non-hydrogen) atoms. The van der Waals surface area contributed by atoms with Crippen LogP contribution in [0.5, 0.6) is 5.75 Å². The first-order chi connectivity index (χ1) is 7.55. The maximum absolute atomic E-state index is 6.18. The predicted octanol–water partition coefficient (Wildman–Crippen LogP) is 5.38. The minimum absolute atomic E-state index is 0.633. The molecule has 0 aliphatic carbocycles. The highest BCUT2D eigenvalue weighted by Crippen LogP contribution is 2.29. The second-order valence-corrected chi connectivity index (χ2v) is 9.52. The van der Waals surface area contributed by atoms with Crippen LogP contribution in [0, 0.1) is 0 Å². The van der Waals surface area contributed by atoms with Gasteiger partial charge in [-0.25, -0.2) is 0 Å². The zero-order valence-corrected chi connectivity index (χ0v) is 12.5. The maximum Gasteiger partial charge on any atom is 0.250 e. The average molecular weight is 277 g/mol. The molecule has 1 nitrogen and oxygen atoms in total. The summed E-state index contributed by atoms with van der Waals surface area (Å²) in [6.07, 6.45) is 0. The highest BCUT2D eigenvalue weighted by molar-refractivity contribution is 6.74. The van der Waals surface area contributed by atoms with Crippen molar-refractivity contribution in [1.29, 1.82) is 0 Å². The molecular weight excluding hydrogens is 259 g/mol. The SMILES string of the molecule is CC[Si](CC)(CC)Oc1cc(Cl)cc(Cl)c1. The number of hydrogen-bond acceptors (Lipinski definition) is 1. The molecule has 1 aromatic rings. The molecule has 0 heterocycles. The fraction of sp³-hybridized carbons (Fsp3) is 0.500. The van der Waals surface area contributed by atoms with Crippen LogP contribution in [0.1, 0.15) is 20.8 Å². The van der Waals surface area contributed by atoms with Gasteiger partial charge < -0.3 is 4.43 Å². The Balaban J connectivity index is 2.93. The average Bonchev–Trinajstić information content (AvgIpc) is 2.25. The smallest absolute Gasteiger partial charge is 0.250 e. The normalized spacial score (nSPS) is 11.6. The summed E-state index contributed by atoms with van der Waals surface area (Å²) in [7, 11) is -1.62. The van der Waals surface area contributed by atoms with Gasteiger partial charge in [-0.15, -0.1) is 0 Å². The van der Waals surface area contributed by atoms with Crippen LogP contribution in [0.25, 0.3) is 0 Å². The van der Waals surface area contributed by atoms with Gasteiger partial charge in [0.05, 0.1) is 0 Å². The summed E-state index contributed by atoms with van der Waals surface area (Å²) in [6, 6.07) is 8.76. The van der Waals surface area contributed by atoms with Crippen molar-refractivity contribution >= 4 is 31.5 Å². The summed E-state index contributed by atoms with van der Waals surface area (Å²) in [5.41, 5.74) is 0. The van der Waals surface area contributed by atoms with Crippen molar-refractivity contribution in [3.05, 3.63) is 28.2 Å². The molecule has 4 heteroatoms. The lowest BCUT2D eigenvalue weighted by molar-refractivity contribution is 0.532. The largest absolute Gasteiger partial charge is 0.543 e. The molecule has 0 unspecified atom stereocenters. The fourth-order valence-electron chi connectivity index (χ4n) is 1.80. The fourth-order valence-corrected chi connectivity index (χ4v) is 4.86. The van der Waals surface area contributed by atoms with Crippen molar-refractivity contribution in [3.63, 3.8) is 0 Å². The van der Waals surface area contributed by atoms with E-state index in [9.17, 15) is 0 Å². The van der Waals surface area contributed by atoms with Crippen LogP contribution in [-0.4, -0.2) is 8.32 Å². The minimum Gasteiger partial charge on any atom is -0.543 e. The topological polar surface area (TPSA) is 9.23 Å². The third-order valence-corrected chi connectivity index (χ3v) is 8.07. The quantitative estimate of drug-likeness (QED) is 0.657. The lowest BCUT2D eigenvalue weighted by Gasteiger charge is -2.29. The lowest BCUT2D eigenvalue weighted by Crippen LogP contribution is -2.39. The number of rotatable bonds is 5. The molecule has 0 aliphatic rings. The molecule has 1 rings (SSSR count). The van der Waals surface area contributed by atoms with E-state index in [0.29, 0.717) is 10.0 Å². The molecule has 90 valence electrons. The van der Waals surface area contributed by atoms with Gasteiger partial charge in [0, 0.05) is 10.0 Å². The summed E-state index contributed by atoms with van der Waals surface area (Å²) in [6.45, 7) is 6.60. The van der Waals surface area contributed by atoms with Gasteiger partial charge in [-0.05, 0) is 36.3 Å². The van der Waals surface area contributed by atoms with E-state index >= 15 is 0 Å². The van der Waals surface area contributed by atoms with Crippen molar-refractivity contribution in [1.82, 2.24) is 0 Å². The zero-order chi connectivity index (χ0) is 12.2. The van der Waals surface area contributed by atoms with Crippen molar-refractivity contribution in [2.45, 2.75) is 38.9 Å². The molecule has 0 aromatic heterocycles. The summed E-state index contributed by atoms with van der Waals surface area (Å²) in [4.78, 5) is 0. The summed E-state index contributed by atoms with van der Waals surface area (Å²) in [5, 5.41) is 1.27. The molecule has 0 saturated heterocycles. The third-order valence-electron chi connectivity index (χ3n) is 3.10. The summed E-state index contributed by atoms with van der Waals surface area (Å²) >= 11 is 11.9. The Kier molecular flexibility index (Phi) is 5.16. The van der Waals surface area contributed by atoms with Crippen LogP contribution in [0.2, 0.25) is 28.2 Å². The molecule has 1 aromatic carbocycles. The van der Waals surface area contributed by atoms with Gasteiger partial charge in [0.2, 0.25) is 8.32 Å². The van der Waals surface area contributed by atoms with Crippen LogP contribution >= 0.6 is 23.2 Å². The second kappa shape index (κ2) is 5.94. The monoisotopic (exact) mass is 276 g/mol. The van der Waals surface area contributed by atoms with E-state index in [-0.39, 0.29) is 0 Å². The molecule has 0 bridgehead atoms. The summed E-state index contributed by atoms with van der Waals surface area (Å²) in [5.74, 6) is 0.815. The molecule has 0 N–H and O–H groups in total. The Bertz CT molecular complexity index is 322. The molecule has 0 saturated carbocycles. The van der Waals surface area contributed by atoms with E-state index in [0.717, 1.165) is 23.9 Å². The molecule has 0 atom stereocenters. The Morgan fingerprint density at radius 2 is 1.38 bits per heavy atom. The van der Waals surface area contributed by atoms with Crippen molar-refractivity contribution in [2.24, 2.45) is 0 Å². The first-order valence-electron chi connectivity index (χ1n) is 5.70. The standard InChI is InChI=1S/C12H18Cl2OSi/c1-4-16(5-2,6-3)15-12-8-10(13)7-11(14)9-12/h7-9H,4-6H2,1-3H3. The van der Waals surface area contributed by atoms with E-state index in [1.54, 1.807) is 6.07 Å². The maximum atomic E-state index is 6.18. The van der Waals surface area contributed by atoms with Crippen LogP contribution in [0.15, 0.2) is 18.2 Å². The molecule has 0 fully saturated rings. The van der Waals surface area contributed by atoms with Crippen LogP contribution in [0.3, 0.4) is 0 Å². The predicted molar refractivity (Wildman–Crippen MR) is 74.3 cm³/mol. The number of hydrogen-bond donors (Lipinski definition) is 0. The molecule has 0 radical (unpaired) electrons. The van der Waals surface area contributed by atoms with Gasteiger partial charge in [-0.3, -0.25) is 0 Å². The molecule has 0 amide bonds. The second-order valence-electron chi connectivity index (χ2n) is 3.95. The number of benzene rings is 1. The Labute approximate surface area is 109 Å². The Hall–Kier alpha value is -0.183. The van der Waals surface area contributed by atoms with E-state index in [1.165, 1.54) is 0 Å². The highest BCUT2D eigenvalue weighted by atomic mass is 35.5. The van der Waals surface area contributed by atoms with Gasteiger partial charge in [0.15, 0.2) is 0 Å². The van der Waals surface area contributed by atoms with E-state index < -0.39 is 8.32 Å². The van der Waals surface area contributed by atoms with Crippen LogP contribution in [-0.2, 0) is 0 Å². The molecule has 0 spiro atoms. The molecule has 0 aliphatic heterocycles. The van der Waals surface area contributed by atoms with Gasteiger partial charge in [0.25, 0.3) is 0 Å². The lowest BCUT2D eigenvalue weighted by atomic mass is 10.3. The molecular formula is C12H18Cl2OSi. The number of halogens is 2. The first kappa shape index (κ1) is 13.9. The van der Waals surface area contributed by atoms with E-state index in [2.05, 4.69) is 20.8 Å². The van der Waals surface area contributed by atoms with Gasteiger partial charge in [-0.1, -0.05) is 44.0 Å². The van der Waals surface area contributed by atoms with Gasteiger partial charge in [0.1, 0.15) is 5.75 Å². The Morgan fingerprint density at radius 1 is 0.938 bits per heavy atom. The van der Waals surface area contributed by atoms with Gasteiger partial charge >= 0.3 is 0 Å². The van der Waals surface area contributed by atoms with Crippen molar-refractivity contribution in [3.8, 4) is 5.75 Å². The van der Waals surface area contributed by atoms with Crippen molar-refractivity contribution < 1.29 is 4.43 Å². The third kappa shape index (κ3) is 3.41. The van der Waals surface area contributed by atoms with E-state index in [4.69, 9.17) is 27.6 Å². The minimum atomic E-state index is -1.62. The highest BCUT2D eigenvalue weighted by Gasteiger charge is 2.30. The van der Waals surface area contributed by atoms with Crippen LogP contribution in [0.4, 0.5) is 0 Å². The van der Waals surface area contributed by atoms with E-state index in [1.807, 2.05) is 12.1 Å². The van der Waals surface area contributed by atoms with Crippen LogP contribution < -0.4 is 4.43 Å². The van der Waals surface area contributed by atoms with Crippen molar-refractivity contribution in [2.75, 3.05) is 0 Å². The summed E-state index contributed by atoms with van der Waals surface area (Å²) < 4.78 is 6.18. The van der Waals surface area contributed by atoms with Gasteiger partial charge in [-0.2, -0.15) is 0 Å². The zero-order valence-electron chi connectivity index (χ0n) is 10.0. The Morgan fingerprint density at radius 3 is 1.75 bits per heavy atom. The first-order valence-corrected chi connectivity index (χ1v) is 8.99.